The molecule has 1 saturated carbocycles. The van der Waals surface area contributed by atoms with Crippen LogP contribution in [0.3, 0.4) is 0 Å². The van der Waals surface area contributed by atoms with E-state index in [-0.39, 0.29) is 12.3 Å². The van der Waals surface area contributed by atoms with Gasteiger partial charge in [0.15, 0.2) is 0 Å². The van der Waals surface area contributed by atoms with Crippen LogP contribution in [0, 0.1) is 0 Å². The first-order valence-electron chi connectivity index (χ1n) is 6.05. The smallest absolute Gasteiger partial charge is 0.213 e. The van der Waals surface area contributed by atoms with Crippen molar-refractivity contribution in [1.29, 1.82) is 0 Å². The molecule has 1 aromatic heterocycles. The zero-order valence-corrected chi connectivity index (χ0v) is 11.5. The summed E-state index contributed by atoms with van der Waals surface area (Å²) in [6.45, 7) is 0.272. The number of nitrogen functional groups attached to an aromatic ring is 1. The summed E-state index contributed by atoms with van der Waals surface area (Å²) in [6.07, 6.45) is 2.17. The summed E-state index contributed by atoms with van der Waals surface area (Å²) in [5.74, 6) is 7.58. The Hall–Kier alpha value is -1.45. The van der Waals surface area contributed by atoms with E-state index >= 15 is 0 Å². The summed E-state index contributed by atoms with van der Waals surface area (Å²) in [4.78, 5) is 8.62. The van der Waals surface area contributed by atoms with Gasteiger partial charge in [0.1, 0.15) is 17.5 Å². The molecular formula is C10H18N6O2S. The molecule has 0 aliphatic heterocycles. The van der Waals surface area contributed by atoms with Crippen LogP contribution in [0.5, 0.6) is 0 Å². The number of nitrogens with two attached hydrogens (primary N) is 1. The molecule has 9 heteroatoms. The van der Waals surface area contributed by atoms with Crippen LogP contribution >= 0.6 is 0 Å². The van der Waals surface area contributed by atoms with E-state index in [4.69, 9.17) is 5.84 Å². The van der Waals surface area contributed by atoms with Gasteiger partial charge in [0.2, 0.25) is 10.0 Å². The van der Waals surface area contributed by atoms with Gasteiger partial charge in [-0.1, -0.05) is 0 Å². The highest BCUT2D eigenvalue weighted by molar-refractivity contribution is 7.89. The van der Waals surface area contributed by atoms with Gasteiger partial charge in [-0.15, -0.1) is 0 Å². The van der Waals surface area contributed by atoms with E-state index in [1.807, 2.05) is 0 Å². The Morgan fingerprint density at radius 3 is 2.63 bits per heavy atom. The molecule has 1 aliphatic rings. The van der Waals surface area contributed by atoms with Crippen LogP contribution in [0.15, 0.2) is 6.07 Å². The number of anilines is 2. The predicted molar refractivity (Wildman–Crippen MR) is 73.2 cm³/mol. The molecule has 0 unspecified atom stereocenters. The van der Waals surface area contributed by atoms with Gasteiger partial charge in [0.05, 0.1) is 5.75 Å². The highest BCUT2D eigenvalue weighted by atomic mass is 32.2. The molecule has 1 aromatic rings. The minimum absolute atomic E-state index is 0.0162. The van der Waals surface area contributed by atoms with Crippen molar-refractivity contribution in [2.45, 2.75) is 18.8 Å². The summed E-state index contributed by atoms with van der Waals surface area (Å²) < 4.78 is 24.8. The number of aromatic nitrogens is 2. The second-order valence-electron chi connectivity index (χ2n) is 4.37. The third kappa shape index (κ3) is 4.01. The van der Waals surface area contributed by atoms with Crippen molar-refractivity contribution < 1.29 is 8.42 Å². The Kier molecular flexibility index (Phi) is 4.17. The predicted octanol–water partition coefficient (Wildman–Crippen LogP) is -0.399. The van der Waals surface area contributed by atoms with Crippen LogP contribution < -0.4 is 21.3 Å². The molecule has 0 aromatic carbocycles. The molecule has 1 heterocycles. The molecular weight excluding hydrogens is 268 g/mol. The molecule has 0 spiro atoms. The third-order valence-electron chi connectivity index (χ3n) is 2.82. The summed E-state index contributed by atoms with van der Waals surface area (Å²) in [5.41, 5.74) is 2.49. The first-order valence-corrected chi connectivity index (χ1v) is 7.70. The lowest BCUT2D eigenvalue weighted by molar-refractivity contribution is 0.588. The second kappa shape index (κ2) is 5.68. The van der Waals surface area contributed by atoms with Crippen molar-refractivity contribution in [3.05, 3.63) is 11.9 Å². The normalized spacial score (nSPS) is 15.3. The first-order chi connectivity index (χ1) is 9.04. The van der Waals surface area contributed by atoms with E-state index in [2.05, 4.69) is 25.4 Å². The van der Waals surface area contributed by atoms with Crippen molar-refractivity contribution in [2.75, 3.05) is 30.1 Å². The average molecular weight is 286 g/mol. The topological polar surface area (TPSA) is 122 Å². The van der Waals surface area contributed by atoms with Crippen LogP contribution in [-0.2, 0) is 10.0 Å². The summed E-state index contributed by atoms with van der Waals surface area (Å²) in [6, 6.07) is 1.65. The van der Waals surface area contributed by atoms with Gasteiger partial charge in [-0.2, -0.15) is 0 Å². The maximum atomic E-state index is 11.3. The molecule has 0 radical (unpaired) electrons. The quantitative estimate of drug-likeness (QED) is 0.397. The van der Waals surface area contributed by atoms with E-state index in [1.54, 1.807) is 6.07 Å². The van der Waals surface area contributed by atoms with Crippen LogP contribution in [0.1, 0.15) is 24.6 Å². The number of hydrogen-bond donors (Lipinski definition) is 4. The van der Waals surface area contributed by atoms with Crippen molar-refractivity contribution in [3.8, 4) is 0 Å². The molecule has 0 amide bonds. The van der Waals surface area contributed by atoms with E-state index < -0.39 is 10.0 Å². The Balaban J connectivity index is 2.01. The maximum absolute atomic E-state index is 11.3. The van der Waals surface area contributed by atoms with Crippen molar-refractivity contribution in [3.63, 3.8) is 0 Å². The van der Waals surface area contributed by atoms with Crippen molar-refractivity contribution in [2.24, 2.45) is 5.84 Å². The second-order valence-corrected chi connectivity index (χ2v) is 6.41. The molecule has 5 N–H and O–H groups in total. The van der Waals surface area contributed by atoms with Gasteiger partial charge < -0.3 is 10.7 Å². The fourth-order valence-corrected chi connectivity index (χ4v) is 2.14. The van der Waals surface area contributed by atoms with Crippen LogP contribution in [0.4, 0.5) is 11.6 Å². The van der Waals surface area contributed by atoms with Crippen molar-refractivity contribution >= 4 is 21.7 Å². The number of hydrogen-bond acceptors (Lipinski definition) is 7. The van der Waals surface area contributed by atoms with Crippen molar-refractivity contribution in [1.82, 2.24) is 14.7 Å². The molecule has 1 aliphatic carbocycles. The zero-order valence-electron chi connectivity index (χ0n) is 10.7. The minimum Gasteiger partial charge on any atom is -0.369 e. The summed E-state index contributed by atoms with van der Waals surface area (Å²) in [5, 5.41) is 2.97. The van der Waals surface area contributed by atoms with Crippen LogP contribution in [-0.4, -0.2) is 37.7 Å². The lowest BCUT2D eigenvalue weighted by atomic mass is 10.4. The highest BCUT2D eigenvalue weighted by Crippen LogP contribution is 2.38. The summed E-state index contributed by atoms with van der Waals surface area (Å²) in [7, 11) is -1.83. The molecule has 0 bridgehead atoms. The summed E-state index contributed by atoms with van der Waals surface area (Å²) >= 11 is 0. The Morgan fingerprint density at radius 2 is 2.05 bits per heavy atom. The van der Waals surface area contributed by atoms with E-state index in [1.165, 1.54) is 7.05 Å². The van der Waals surface area contributed by atoms with E-state index in [0.717, 1.165) is 18.7 Å². The molecule has 0 saturated heterocycles. The fourth-order valence-electron chi connectivity index (χ4n) is 1.57. The van der Waals surface area contributed by atoms with E-state index in [0.29, 0.717) is 17.6 Å². The van der Waals surface area contributed by atoms with Gasteiger partial charge in [-0.3, -0.25) is 0 Å². The third-order valence-corrected chi connectivity index (χ3v) is 4.19. The SMILES string of the molecule is CNS(=O)(=O)CCNc1cc(NN)nc(C2CC2)n1. The van der Waals surface area contributed by atoms with Crippen LogP contribution in [0.25, 0.3) is 0 Å². The molecule has 8 nitrogen and oxygen atoms in total. The standard InChI is InChI=1S/C10H18N6O2S/c1-12-19(17,18)5-4-13-8-6-9(16-11)15-10(14-8)7-2-3-7/h6-7,12H,2-5,11H2,1H3,(H2,13,14,15,16). The fraction of sp³-hybridized carbons (Fsp3) is 0.600. The molecule has 0 atom stereocenters. The minimum atomic E-state index is -3.22. The van der Waals surface area contributed by atoms with Gasteiger partial charge in [-0.25, -0.2) is 29.0 Å². The Bertz CT molecular complexity index is 543. The van der Waals surface area contributed by atoms with Gasteiger partial charge in [-0.05, 0) is 19.9 Å². The Morgan fingerprint density at radius 1 is 1.37 bits per heavy atom. The van der Waals surface area contributed by atoms with Gasteiger partial charge in [0, 0.05) is 18.5 Å². The lowest BCUT2D eigenvalue weighted by Gasteiger charge is -2.09. The molecule has 1 fully saturated rings. The largest absolute Gasteiger partial charge is 0.369 e. The zero-order chi connectivity index (χ0) is 13.9. The lowest BCUT2D eigenvalue weighted by Crippen LogP contribution is -2.26. The number of rotatable bonds is 7. The van der Waals surface area contributed by atoms with Gasteiger partial charge >= 0.3 is 0 Å². The molecule has 106 valence electrons. The van der Waals surface area contributed by atoms with Gasteiger partial charge in [0.25, 0.3) is 0 Å². The van der Waals surface area contributed by atoms with E-state index in [9.17, 15) is 8.42 Å². The highest BCUT2D eigenvalue weighted by Gasteiger charge is 2.27. The Labute approximate surface area is 112 Å². The number of nitrogens with one attached hydrogen (secondary N) is 3. The monoisotopic (exact) mass is 286 g/mol. The number of nitrogens with zero attached hydrogens (tertiary/aromatic N) is 2. The molecule has 19 heavy (non-hydrogen) atoms. The number of hydrazine groups is 1. The molecule has 2 rings (SSSR count). The average Bonchev–Trinajstić information content (AvgIpc) is 3.22. The maximum Gasteiger partial charge on any atom is 0.213 e. The number of sulfonamides is 1. The van der Waals surface area contributed by atoms with Crippen LogP contribution in [0.2, 0.25) is 0 Å². The first kappa shape index (κ1) is 14.0.